The monoisotopic (exact) mass is 270 g/mol. The van der Waals surface area contributed by atoms with Gasteiger partial charge in [0.2, 0.25) is 0 Å². The minimum atomic E-state index is -0.932. The molecule has 102 valence electrons. The van der Waals surface area contributed by atoms with Crippen molar-refractivity contribution in [2.75, 3.05) is 0 Å². The van der Waals surface area contributed by atoms with Gasteiger partial charge in [-0.3, -0.25) is 0 Å². The van der Waals surface area contributed by atoms with Crippen LogP contribution >= 0.6 is 0 Å². The molecule has 1 N–H and O–H groups in total. The van der Waals surface area contributed by atoms with Crippen molar-refractivity contribution in [3.63, 3.8) is 0 Å². The number of hydrogen-bond acceptors (Lipinski definition) is 3. The van der Waals surface area contributed by atoms with Gasteiger partial charge in [0.15, 0.2) is 0 Å². The highest BCUT2D eigenvalue weighted by Gasteiger charge is 2.09. The van der Waals surface area contributed by atoms with Crippen molar-refractivity contribution in [2.24, 2.45) is 0 Å². The van der Waals surface area contributed by atoms with E-state index in [1.807, 2.05) is 15.3 Å². The summed E-state index contributed by atoms with van der Waals surface area (Å²) < 4.78 is 3.98. The predicted octanol–water partition coefficient (Wildman–Crippen LogP) is 2.00. The van der Waals surface area contributed by atoms with Crippen molar-refractivity contribution in [3.05, 3.63) is 48.3 Å². The number of carboxylic acids is 1. The van der Waals surface area contributed by atoms with E-state index in [1.165, 1.54) is 0 Å². The molecule has 6 nitrogen and oxygen atoms in total. The molecular formula is C14H14N4O2. The Bertz CT molecular complexity index is 772. The third kappa shape index (κ3) is 2.05. The van der Waals surface area contributed by atoms with Crippen molar-refractivity contribution >= 4 is 17.0 Å². The van der Waals surface area contributed by atoms with Crippen LogP contribution in [0.2, 0.25) is 0 Å². The Morgan fingerprint density at radius 3 is 2.90 bits per heavy atom. The molecule has 0 atom stereocenters. The van der Waals surface area contributed by atoms with Crippen molar-refractivity contribution in [2.45, 2.75) is 20.0 Å². The number of imidazole rings is 2. The molecule has 2 aromatic heterocycles. The van der Waals surface area contributed by atoms with Gasteiger partial charge in [0.05, 0.1) is 41.5 Å². The highest BCUT2D eigenvalue weighted by Crippen LogP contribution is 2.16. The van der Waals surface area contributed by atoms with E-state index in [-0.39, 0.29) is 5.56 Å². The highest BCUT2D eigenvalue weighted by atomic mass is 16.4. The van der Waals surface area contributed by atoms with Crippen molar-refractivity contribution in [1.29, 1.82) is 0 Å². The third-order valence-corrected chi connectivity index (χ3v) is 3.34. The van der Waals surface area contributed by atoms with Crippen molar-refractivity contribution in [3.8, 4) is 0 Å². The number of aromatic carboxylic acids is 1. The first kappa shape index (κ1) is 12.4. The van der Waals surface area contributed by atoms with Gasteiger partial charge in [-0.05, 0) is 25.1 Å². The molecule has 20 heavy (non-hydrogen) atoms. The van der Waals surface area contributed by atoms with Crippen LogP contribution in [-0.2, 0) is 13.1 Å². The number of fused-ring (bicyclic) bond motifs is 1. The zero-order chi connectivity index (χ0) is 14.1. The third-order valence-electron chi connectivity index (χ3n) is 3.34. The first-order chi connectivity index (χ1) is 9.69. The smallest absolute Gasteiger partial charge is 0.335 e. The average Bonchev–Trinajstić information content (AvgIpc) is 3.05. The predicted molar refractivity (Wildman–Crippen MR) is 73.7 cm³/mol. The minimum Gasteiger partial charge on any atom is -0.478 e. The van der Waals surface area contributed by atoms with E-state index < -0.39 is 5.97 Å². The van der Waals surface area contributed by atoms with Gasteiger partial charge in [0.1, 0.15) is 0 Å². The first-order valence-corrected chi connectivity index (χ1v) is 6.36. The molecule has 0 amide bonds. The molecule has 0 unspecified atom stereocenters. The van der Waals surface area contributed by atoms with E-state index >= 15 is 0 Å². The molecule has 0 aliphatic rings. The standard InChI is InChI=1S/C14H14N4O2/c1-2-17-8-15-6-11(17)7-18-9-16-12-4-3-10(14(19)20)5-13(12)18/h3-6,8-9H,2,7H2,1H3,(H,19,20). The number of aromatic nitrogens is 4. The summed E-state index contributed by atoms with van der Waals surface area (Å²) in [4.78, 5) is 19.5. The fraction of sp³-hybridized carbons (Fsp3) is 0.214. The van der Waals surface area contributed by atoms with Crippen LogP contribution < -0.4 is 0 Å². The van der Waals surface area contributed by atoms with E-state index in [4.69, 9.17) is 5.11 Å². The summed E-state index contributed by atoms with van der Waals surface area (Å²) in [6.07, 6.45) is 5.33. The van der Waals surface area contributed by atoms with Gasteiger partial charge in [-0.15, -0.1) is 0 Å². The van der Waals surface area contributed by atoms with Crippen molar-refractivity contribution < 1.29 is 9.90 Å². The number of hydrogen-bond donors (Lipinski definition) is 1. The summed E-state index contributed by atoms with van der Waals surface area (Å²) in [6, 6.07) is 4.95. The lowest BCUT2D eigenvalue weighted by molar-refractivity contribution is 0.0697. The summed E-state index contributed by atoms with van der Waals surface area (Å²) in [5, 5.41) is 9.07. The highest BCUT2D eigenvalue weighted by molar-refractivity contribution is 5.92. The Kier molecular flexibility index (Phi) is 2.98. The molecule has 0 aliphatic carbocycles. The summed E-state index contributed by atoms with van der Waals surface area (Å²) in [7, 11) is 0. The Morgan fingerprint density at radius 1 is 1.30 bits per heavy atom. The summed E-state index contributed by atoms with van der Waals surface area (Å²) in [6.45, 7) is 3.52. The fourth-order valence-corrected chi connectivity index (χ4v) is 2.25. The van der Waals surface area contributed by atoms with Crippen LogP contribution in [0.15, 0.2) is 37.1 Å². The maximum Gasteiger partial charge on any atom is 0.335 e. The van der Waals surface area contributed by atoms with E-state index in [2.05, 4.69) is 16.9 Å². The normalized spacial score (nSPS) is 11.1. The molecule has 0 aliphatic heterocycles. The molecule has 0 radical (unpaired) electrons. The van der Waals surface area contributed by atoms with Gasteiger partial charge in [-0.25, -0.2) is 14.8 Å². The van der Waals surface area contributed by atoms with Gasteiger partial charge in [0.25, 0.3) is 0 Å². The fourth-order valence-electron chi connectivity index (χ4n) is 2.25. The van der Waals surface area contributed by atoms with Crippen LogP contribution in [0.1, 0.15) is 23.0 Å². The zero-order valence-corrected chi connectivity index (χ0v) is 11.0. The van der Waals surface area contributed by atoms with E-state index in [9.17, 15) is 4.79 Å². The van der Waals surface area contributed by atoms with E-state index in [0.29, 0.717) is 6.54 Å². The number of aryl methyl sites for hydroxylation is 1. The Hall–Kier alpha value is -2.63. The van der Waals surface area contributed by atoms with Gasteiger partial charge in [-0.1, -0.05) is 0 Å². The Labute approximate surface area is 115 Å². The lowest BCUT2D eigenvalue weighted by Crippen LogP contribution is -2.05. The van der Waals surface area contributed by atoms with Gasteiger partial charge in [-0.2, -0.15) is 0 Å². The largest absolute Gasteiger partial charge is 0.478 e. The summed E-state index contributed by atoms with van der Waals surface area (Å²) >= 11 is 0. The van der Waals surface area contributed by atoms with Crippen LogP contribution in [0.4, 0.5) is 0 Å². The molecule has 2 heterocycles. The molecule has 3 rings (SSSR count). The number of carboxylic acid groups (broad SMARTS) is 1. The summed E-state index contributed by atoms with van der Waals surface area (Å²) in [5.41, 5.74) is 2.93. The Balaban J connectivity index is 2.03. The van der Waals surface area contributed by atoms with Gasteiger partial charge in [0, 0.05) is 12.7 Å². The van der Waals surface area contributed by atoms with Crippen molar-refractivity contribution in [1.82, 2.24) is 19.1 Å². The lowest BCUT2D eigenvalue weighted by atomic mass is 10.2. The van der Waals surface area contributed by atoms with E-state index in [1.54, 1.807) is 30.9 Å². The second kappa shape index (κ2) is 4.80. The maximum absolute atomic E-state index is 11.1. The second-order valence-corrected chi connectivity index (χ2v) is 4.55. The molecule has 0 spiro atoms. The van der Waals surface area contributed by atoms with Crippen LogP contribution in [0.5, 0.6) is 0 Å². The van der Waals surface area contributed by atoms with Crippen LogP contribution in [0, 0.1) is 0 Å². The molecular weight excluding hydrogens is 256 g/mol. The van der Waals surface area contributed by atoms with Crippen LogP contribution in [0.3, 0.4) is 0 Å². The minimum absolute atomic E-state index is 0.267. The molecule has 1 aromatic carbocycles. The molecule has 0 saturated heterocycles. The maximum atomic E-state index is 11.1. The molecule has 0 bridgehead atoms. The van der Waals surface area contributed by atoms with Crippen LogP contribution in [-0.4, -0.2) is 30.2 Å². The van der Waals surface area contributed by atoms with Gasteiger partial charge >= 0.3 is 5.97 Å². The summed E-state index contributed by atoms with van der Waals surface area (Å²) in [5.74, 6) is -0.932. The number of rotatable bonds is 4. The second-order valence-electron chi connectivity index (χ2n) is 4.55. The first-order valence-electron chi connectivity index (χ1n) is 6.36. The quantitative estimate of drug-likeness (QED) is 0.787. The zero-order valence-electron chi connectivity index (χ0n) is 11.0. The lowest BCUT2D eigenvalue weighted by Gasteiger charge is -2.07. The number of carbonyl (C=O) groups is 1. The Morgan fingerprint density at radius 2 is 2.15 bits per heavy atom. The molecule has 0 saturated carbocycles. The molecule has 0 fully saturated rings. The average molecular weight is 270 g/mol. The molecule has 3 aromatic rings. The van der Waals surface area contributed by atoms with Gasteiger partial charge < -0.3 is 14.2 Å². The van der Waals surface area contributed by atoms with E-state index in [0.717, 1.165) is 23.3 Å². The number of benzene rings is 1. The topological polar surface area (TPSA) is 72.9 Å². The van der Waals surface area contributed by atoms with Crippen LogP contribution in [0.25, 0.3) is 11.0 Å². The SMILES string of the molecule is CCn1cncc1Cn1cnc2ccc(C(=O)O)cc21. The molecule has 6 heteroatoms. The number of nitrogens with zero attached hydrogens (tertiary/aromatic N) is 4.